The number of fused-ring (bicyclic) bond motifs is 5. The van der Waals surface area contributed by atoms with Crippen molar-refractivity contribution in [3.63, 3.8) is 0 Å². The van der Waals surface area contributed by atoms with E-state index in [9.17, 15) is 9.59 Å². The molecule has 9 nitrogen and oxygen atoms in total. The molecule has 0 radical (unpaired) electrons. The Morgan fingerprint density at radius 1 is 0.976 bits per heavy atom. The quantitative estimate of drug-likeness (QED) is 0.294. The van der Waals surface area contributed by atoms with Crippen molar-refractivity contribution in [1.29, 1.82) is 0 Å². The van der Waals surface area contributed by atoms with Crippen LogP contribution in [0.25, 0.3) is 44.1 Å². The number of ether oxygens (including phenoxy) is 3. The van der Waals surface area contributed by atoms with E-state index in [0.717, 1.165) is 10.8 Å². The molecule has 0 bridgehead atoms. The summed E-state index contributed by atoms with van der Waals surface area (Å²) in [4.78, 5) is 33.6. The number of nitrogens with zero attached hydrogens (tertiary/aromatic N) is 4. The van der Waals surface area contributed by atoms with Crippen molar-refractivity contribution in [2.75, 3.05) is 33.4 Å². The first-order valence-electron chi connectivity index (χ1n) is 13.5. The molecule has 0 saturated carbocycles. The van der Waals surface area contributed by atoms with Gasteiger partial charge >= 0.3 is 0 Å². The van der Waals surface area contributed by atoms with E-state index in [0.29, 0.717) is 60.0 Å². The Hall–Kier alpha value is -5.22. The van der Waals surface area contributed by atoms with Crippen molar-refractivity contribution in [3.8, 4) is 28.6 Å². The number of amides is 1. The molecule has 1 amide bonds. The van der Waals surface area contributed by atoms with E-state index in [1.54, 1.807) is 45.5 Å². The zero-order chi connectivity index (χ0) is 28.5. The molecule has 0 spiro atoms. The van der Waals surface area contributed by atoms with Crippen LogP contribution in [0.2, 0.25) is 0 Å². The summed E-state index contributed by atoms with van der Waals surface area (Å²) in [6.45, 7) is 1.52. The number of halogens is 1. The van der Waals surface area contributed by atoms with Gasteiger partial charge in [0.2, 0.25) is 5.43 Å². The van der Waals surface area contributed by atoms with Gasteiger partial charge in [-0.05, 0) is 29.7 Å². The summed E-state index contributed by atoms with van der Waals surface area (Å²) in [5.41, 5.74) is 1.76. The molecule has 42 heavy (non-hydrogen) atoms. The molecule has 0 unspecified atom stereocenters. The molecule has 10 heteroatoms. The Bertz CT molecular complexity index is 2160. The number of hydrogen-bond donors (Lipinski definition) is 0. The van der Waals surface area contributed by atoms with E-state index >= 15 is 4.39 Å². The first-order chi connectivity index (χ1) is 20.5. The van der Waals surface area contributed by atoms with Crippen LogP contribution in [0.1, 0.15) is 10.4 Å². The molecular weight excluding hydrogens is 539 g/mol. The number of aromatic nitrogens is 3. The number of rotatable bonds is 3. The number of benzene rings is 4. The van der Waals surface area contributed by atoms with Gasteiger partial charge in [-0.1, -0.05) is 30.3 Å². The van der Waals surface area contributed by atoms with E-state index in [4.69, 9.17) is 14.2 Å². The molecule has 8 rings (SSSR count). The van der Waals surface area contributed by atoms with Crippen molar-refractivity contribution in [1.82, 2.24) is 19.0 Å². The van der Waals surface area contributed by atoms with Crippen molar-refractivity contribution in [2.45, 2.75) is 0 Å². The smallest absolute Gasteiger partial charge is 0.259 e. The summed E-state index contributed by atoms with van der Waals surface area (Å²) >= 11 is 0. The van der Waals surface area contributed by atoms with Gasteiger partial charge in [0, 0.05) is 30.7 Å². The second kappa shape index (κ2) is 9.15. The maximum Gasteiger partial charge on any atom is 0.259 e. The van der Waals surface area contributed by atoms with Crippen LogP contribution in [0.3, 0.4) is 0 Å². The molecular formula is C32H23FN4O5. The van der Waals surface area contributed by atoms with Crippen LogP contribution in [0.5, 0.6) is 17.2 Å². The molecule has 0 aliphatic carbocycles. The van der Waals surface area contributed by atoms with E-state index in [2.05, 4.69) is 4.98 Å². The standard InChI is InChI=1S/C32H23FN4O5/c1-40-19-7-8-24-25(14-19)37(17-34-24)29-23(33)15-21-28-31(29)42-26-9-6-18-4-2-3-5-20(18)27(26)36(28)16-22(30(21)38)32(39)35-10-12-41-13-11-35/h2-9,14-17H,10-13H2,1H3. The minimum atomic E-state index is -0.691. The highest BCUT2D eigenvalue weighted by atomic mass is 19.1. The molecule has 4 aromatic carbocycles. The molecule has 2 aromatic heterocycles. The van der Waals surface area contributed by atoms with Gasteiger partial charge in [0.05, 0.1) is 42.4 Å². The second-order valence-corrected chi connectivity index (χ2v) is 10.3. The summed E-state index contributed by atoms with van der Waals surface area (Å²) in [6.07, 6.45) is 3.08. The highest BCUT2D eigenvalue weighted by Crippen LogP contribution is 2.47. The second-order valence-electron chi connectivity index (χ2n) is 10.3. The lowest BCUT2D eigenvalue weighted by Crippen LogP contribution is -2.42. The van der Waals surface area contributed by atoms with E-state index in [1.165, 1.54) is 12.4 Å². The van der Waals surface area contributed by atoms with Crippen LogP contribution in [-0.4, -0.2) is 58.3 Å². The lowest BCUT2D eigenvalue weighted by atomic mass is 10.0. The average molecular weight is 563 g/mol. The van der Waals surface area contributed by atoms with Crippen molar-refractivity contribution in [2.24, 2.45) is 0 Å². The van der Waals surface area contributed by atoms with Gasteiger partial charge < -0.3 is 23.7 Å². The third kappa shape index (κ3) is 3.48. The van der Waals surface area contributed by atoms with Crippen molar-refractivity contribution in [3.05, 3.63) is 94.8 Å². The SMILES string of the molecule is COc1ccc2ncn(-c3c(F)cc4c(=O)c(C(=O)N5CCOCC5)cn5c4c3Oc3ccc4ccccc4c3-5)c2c1. The average Bonchev–Trinajstić information content (AvgIpc) is 3.44. The molecule has 0 N–H and O–H groups in total. The van der Waals surface area contributed by atoms with E-state index < -0.39 is 17.2 Å². The van der Waals surface area contributed by atoms with E-state index in [-0.39, 0.29) is 22.4 Å². The zero-order valence-corrected chi connectivity index (χ0v) is 22.5. The summed E-state index contributed by atoms with van der Waals surface area (Å²) in [6, 6.07) is 18.1. The number of morpholine rings is 1. The van der Waals surface area contributed by atoms with Crippen LogP contribution in [0.4, 0.5) is 4.39 Å². The van der Waals surface area contributed by atoms with Crippen molar-refractivity contribution >= 4 is 38.6 Å². The highest BCUT2D eigenvalue weighted by Gasteiger charge is 2.32. The third-order valence-corrected chi connectivity index (χ3v) is 8.01. The Balaban J connectivity index is 1.48. The van der Waals surface area contributed by atoms with E-state index in [1.807, 2.05) is 36.4 Å². The third-order valence-electron chi connectivity index (χ3n) is 8.01. The first kappa shape index (κ1) is 24.6. The minimum Gasteiger partial charge on any atom is -0.497 e. The predicted molar refractivity (Wildman–Crippen MR) is 155 cm³/mol. The summed E-state index contributed by atoms with van der Waals surface area (Å²) in [5, 5.41) is 1.86. The maximum absolute atomic E-state index is 16.3. The van der Waals surface area contributed by atoms with Crippen LogP contribution in [-0.2, 0) is 4.74 Å². The molecule has 208 valence electrons. The summed E-state index contributed by atoms with van der Waals surface area (Å²) < 4.78 is 36.9. The van der Waals surface area contributed by atoms with Gasteiger partial charge in [0.15, 0.2) is 17.3 Å². The monoisotopic (exact) mass is 562 g/mol. The predicted octanol–water partition coefficient (Wildman–Crippen LogP) is 5.21. The van der Waals surface area contributed by atoms with Crippen LogP contribution in [0, 0.1) is 5.82 Å². The lowest BCUT2D eigenvalue weighted by Gasteiger charge is -2.29. The fraction of sp³-hybridized carbons (Fsp3) is 0.156. The largest absolute Gasteiger partial charge is 0.497 e. The molecule has 4 heterocycles. The topological polar surface area (TPSA) is 87.8 Å². The Labute approximate surface area is 237 Å². The van der Waals surface area contributed by atoms with Gasteiger partial charge in [-0.2, -0.15) is 0 Å². The van der Waals surface area contributed by atoms with Crippen LogP contribution in [0.15, 0.2) is 78.0 Å². The molecule has 2 aliphatic heterocycles. The number of carbonyl (C=O) groups is 1. The fourth-order valence-corrected chi connectivity index (χ4v) is 5.97. The zero-order valence-electron chi connectivity index (χ0n) is 22.5. The number of methoxy groups -OCH3 is 1. The van der Waals surface area contributed by atoms with Gasteiger partial charge in [-0.25, -0.2) is 9.37 Å². The van der Waals surface area contributed by atoms with Crippen molar-refractivity contribution < 1.29 is 23.4 Å². The van der Waals surface area contributed by atoms with Crippen LogP contribution < -0.4 is 14.9 Å². The first-order valence-corrected chi connectivity index (χ1v) is 13.5. The summed E-state index contributed by atoms with van der Waals surface area (Å²) in [5.74, 6) is 0.0894. The maximum atomic E-state index is 16.3. The molecule has 2 aliphatic rings. The van der Waals surface area contributed by atoms with Gasteiger partial charge in [-0.15, -0.1) is 0 Å². The normalized spacial score (nSPS) is 14.3. The molecule has 1 fully saturated rings. The van der Waals surface area contributed by atoms with Crippen LogP contribution >= 0.6 is 0 Å². The fourth-order valence-electron chi connectivity index (χ4n) is 5.97. The Morgan fingerprint density at radius 3 is 2.64 bits per heavy atom. The van der Waals surface area contributed by atoms with Gasteiger partial charge in [-0.3, -0.25) is 14.2 Å². The summed E-state index contributed by atoms with van der Waals surface area (Å²) in [7, 11) is 1.56. The number of hydrogen-bond acceptors (Lipinski definition) is 6. The number of carbonyl (C=O) groups excluding carboxylic acids is 1. The Morgan fingerprint density at radius 2 is 1.81 bits per heavy atom. The number of imidazole rings is 1. The molecule has 6 aromatic rings. The minimum absolute atomic E-state index is 0.0406. The Kier molecular flexibility index (Phi) is 5.35. The highest BCUT2D eigenvalue weighted by molar-refractivity contribution is 6.03. The molecule has 1 saturated heterocycles. The van der Waals surface area contributed by atoms with Gasteiger partial charge in [0.1, 0.15) is 28.8 Å². The number of pyridine rings is 1. The van der Waals surface area contributed by atoms with Gasteiger partial charge in [0.25, 0.3) is 5.91 Å². The lowest BCUT2D eigenvalue weighted by molar-refractivity contribution is 0.0302. The molecule has 0 atom stereocenters.